The highest BCUT2D eigenvalue weighted by Gasteiger charge is 2.37. The number of amides is 1. The van der Waals surface area contributed by atoms with Gasteiger partial charge in [-0.3, -0.25) is 33.8 Å². The van der Waals surface area contributed by atoms with E-state index in [2.05, 4.69) is 140 Å². The van der Waals surface area contributed by atoms with Gasteiger partial charge >= 0.3 is 0 Å². The summed E-state index contributed by atoms with van der Waals surface area (Å²) in [5.74, 6) is -0.934. The predicted octanol–water partition coefficient (Wildman–Crippen LogP) is 15.3. The zero-order chi connectivity index (χ0) is 66.4. The number of hydrogen-bond donors (Lipinski definition) is 5. The molecule has 2 aliphatic rings. The number of carbonyl (C=O) groups excluding carboxylic acids is 6. The van der Waals surface area contributed by atoms with Gasteiger partial charge in [0, 0.05) is 87.6 Å². The SMILES string of the molecule is C=C.CC.CC(C)(C)C.CCC.CCC1CCNCC1.CN=C(C)[C@H](CC(=O)NCCOCCOCCCCCNC)C[C@](C)(c1ccc(Cl)cc1)c1c(C)sc(C)c1C.O=C/C=C\C(CC(=O)C(=O)C=O)=C1\C=C(c2ccc(C=O)cc2S)CCN1. The van der Waals surface area contributed by atoms with Crippen LogP contribution in [0, 0.1) is 38.0 Å². The number of allylic oxidation sites excluding steroid dienone is 4. The van der Waals surface area contributed by atoms with Crippen LogP contribution in [0.25, 0.3) is 5.57 Å². The highest BCUT2D eigenvalue weighted by atomic mass is 35.5. The van der Waals surface area contributed by atoms with Gasteiger partial charge in [-0.2, -0.15) is 0 Å². The quantitative estimate of drug-likeness (QED) is 0.00682. The second kappa shape index (κ2) is 49.7. The Bertz CT molecular complexity index is 2570. The van der Waals surface area contributed by atoms with Crippen molar-refractivity contribution in [3.05, 3.63) is 128 Å². The molecule has 0 saturated carbocycles. The lowest BCUT2D eigenvalue weighted by Gasteiger charge is -2.35. The van der Waals surface area contributed by atoms with E-state index in [0.29, 0.717) is 79.2 Å². The molecule has 1 fully saturated rings. The van der Waals surface area contributed by atoms with Crippen molar-refractivity contribution in [2.45, 2.75) is 178 Å². The minimum atomic E-state index is -1.12. The van der Waals surface area contributed by atoms with Crippen LogP contribution >= 0.6 is 35.6 Å². The number of halogens is 1. The average Bonchev–Trinajstić information content (AvgIpc) is 1.83. The number of ether oxygens (including phenoxy) is 2. The van der Waals surface area contributed by atoms with Gasteiger partial charge in [-0.15, -0.1) is 37.1 Å². The van der Waals surface area contributed by atoms with Crippen LogP contribution in [0.3, 0.4) is 0 Å². The first-order valence-electron chi connectivity index (χ1n) is 31.1. The third-order valence-electron chi connectivity index (χ3n) is 13.8. The van der Waals surface area contributed by atoms with Crippen LogP contribution in [-0.2, 0) is 38.9 Å². The van der Waals surface area contributed by atoms with E-state index in [0.717, 1.165) is 60.1 Å². The molecule has 3 aromatic rings. The molecule has 13 nitrogen and oxygen atoms in total. The molecule has 5 rings (SSSR count). The monoisotopic (exact) mass is 1260 g/mol. The molecule has 87 heavy (non-hydrogen) atoms. The molecule has 1 aromatic heterocycles. The van der Waals surface area contributed by atoms with Crippen molar-refractivity contribution in [2.24, 2.45) is 22.2 Å². The van der Waals surface area contributed by atoms with E-state index in [1.165, 1.54) is 90.2 Å². The molecule has 2 atom stereocenters. The van der Waals surface area contributed by atoms with E-state index in [1.807, 2.05) is 64.4 Å². The van der Waals surface area contributed by atoms with E-state index >= 15 is 0 Å². The maximum atomic E-state index is 13.0. The zero-order valence-corrected chi connectivity index (χ0v) is 58.6. The van der Waals surface area contributed by atoms with Crippen molar-refractivity contribution in [3.63, 3.8) is 0 Å². The Morgan fingerprint density at radius 1 is 0.874 bits per heavy atom. The van der Waals surface area contributed by atoms with E-state index in [1.54, 1.807) is 18.2 Å². The molecule has 488 valence electrons. The number of benzene rings is 2. The largest absolute Gasteiger partial charge is 0.384 e. The van der Waals surface area contributed by atoms with Gasteiger partial charge < -0.3 is 30.7 Å². The minimum absolute atomic E-state index is 0.00731. The summed E-state index contributed by atoms with van der Waals surface area (Å²) in [6.07, 6.45) is 16.1. The summed E-state index contributed by atoms with van der Waals surface area (Å²) in [7, 11) is 3.78. The molecule has 2 aliphatic heterocycles. The van der Waals surface area contributed by atoms with Crippen LogP contribution in [0.4, 0.5) is 0 Å². The van der Waals surface area contributed by atoms with E-state index in [-0.39, 0.29) is 29.9 Å². The number of rotatable bonds is 28. The maximum Gasteiger partial charge on any atom is 0.261 e. The standard InChI is InChI=1S/C32H50ClN3O3S.C20H17NO5S.C7H15N.C5H12.C3H8.C2H6.C2H4/c1-23-25(3)40-26(4)31(23)32(5,28-11-13-29(33)14-12-28)22-27(24(2)35-7)21-30(37)36-16-18-39-20-19-38-17-10-8-9-15-34-6;22-7-1-2-15(10-18(25)19(26)12-24)17-9-14(5-6-21-17)16-4-3-13(11-23)8-20(16)27;1-2-7-3-5-8-6-4-7;1-5(2,3)4;1-3-2;2*1-2/h11-14,27,34H,8-10,15-22H2,1-7H3,(H,36,37);1-4,7-9,11-12,21,27H,5-6,10H2;7-8H,2-6H2,1H3;1-4H3;3H2,1-2H3;1-2H3;1-2H2/b;2-1-,17-15+;;;;;/t27-,32-;;;;;;/m1....../s1. The molecule has 0 spiro atoms. The number of nitrogens with one attached hydrogen (secondary N) is 4. The fraction of sp³-hybridized carbons (Fsp3) is 0.563. The van der Waals surface area contributed by atoms with Crippen molar-refractivity contribution in [3.8, 4) is 0 Å². The molecular weight excluding hydrogens is 1150 g/mol. The fourth-order valence-electron chi connectivity index (χ4n) is 9.34. The molecular formula is C71H112ClN5O8S2. The number of thiol groups is 1. The number of hydrogen-bond acceptors (Lipinski definition) is 14. The number of aliphatic imine (C=N–C) groups is 1. The van der Waals surface area contributed by atoms with Crippen molar-refractivity contribution < 1.29 is 38.2 Å². The molecule has 0 radical (unpaired) electrons. The number of thiophene rings is 1. The number of nitrogens with zero attached hydrogens (tertiary/aromatic N) is 1. The zero-order valence-electron chi connectivity index (χ0n) is 56.2. The second-order valence-corrected chi connectivity index (χ2v) is 25.2. The number of aryl methyl sites for hydroxylation is 2. The first-order chi connectivity index (χ1) is 41.5. The predicted molar refractivity (Wildman–Crippen MR) is 373 cm³/mol. The van der Waals surface area contributed by atoms with E-state index < -0.39 is 11.6 Å². The normalized spacial score (nSPS) is 14.6. The maximum absolute atomic E-state index is 13.0. The van der Waals surface area contributed by atoms with Crippen LogP contribution in [0.2, 0.25) is 5.02 Å². The summed E-state index contributed by atoms with van der Waals surface area (Å²) in [5, 5.41) is 13.4. The van der Waals surface area contributed by atoms with Crippen LogP contribution in [0.5, 0.6) is 0 Å². The molecule has 3 heterocycles. The second-order valence-electron chi connectivity index (χ2n) is 22.8. The molecule has 16 heteroatoms. The Morgan fingerprint density at radius 2 is 1.48 bits per heavy atom. The number of unbranched alkanes of at least 4 members (excludes halogenated alkanes) is 2. The van der Waals surface area contributed by atoms with Crippen molar-refractivity contribution in [2.75, 3.05) is 73.2 Å². The summed E-state index contributed by atoms with van der Waals surface area (Å²) in [6, 6.07) is 13.3. The summed E-state index contributed by atoms with van der Waals surface area (Å²) in [6.45, 7) is 43.2. The number of Topliss-reactive ketones (excluding diaryl/α,β-unsaturated/α-hetero) is 2. The first kappa shape index (κ1) is 83.9. The number of ketones is 2. The number of carbonyl (C=O) groups is 6. The molecule has 0 unspecified atom stereocenters. The Balaban J connectivity index is 0. The van der Waals surface area contributed by atoms with E-state index in [4.69, 9.17) is 21.1 Å². The van der Waals surface area contributed by atoms with Crippen LogP contribution in [0.15, 0.2) is 95.0 Å². The van der Waals surface area contributed by atoms with Gasteiger partial charge in [0.15, 0.2) is 6.29 Å². The van der Waals surface area contributed by atoms with Gasteiger partial charge in [-0.25, -0.2) is 0 Å². The fourth-order valence-corrected chi connectivity index (χ4v) is 11.0. The third-order valence-corrected chi connectivity index (χ3v) is 15.5. The van der Waals surface area contributed by atoms with Gasteiger partial charge in [0.2, 0.25) is 11.7 Å². The van der Waals surface area contributed by atoms with Gasteiger partial charge in [-0.05, 0) is 174 Å². The molecule has 4 N–H and O–H groups in total. The highest BCUT2D eigenvalue weighted by Crippen LogP contribution is 2.45. The first-order valence-corrected chi connectivity index (χ1v) is 32.8. The Kier molecular flexibility index (Phi) is 48.0. The van der Waals surface area contributed by atoms with Crippen LogP contribution in [-0.4, -0.2) is 115 Å². The Morgan fingerprint density at radius 3 is 1.99 bits per heavy atom. The molecule has 1 amide bonds. The van der Waals surface area contributed by atoms with Gasteiger partial charge in [0.05, 0.1) is 19.8 Å². The highest BCUT2D eigenvalue weighted by molar-refractivity contribution is 7.80. The van der Waals surface area contributed by atoms with E-state index in [9.17, 15) is 28.8 Å². The summed E-state index contributed by atoms with van der Waals surface area (Å²) < 4.78 is 11.3. The smallest absolute Gasteiger partial charge is 0.261 e. The van der Waals surface area contributed by atoms with Crippen molar-refractivity contribution in [1.82, 2.24) is 21.3 Å². The Labute approximate surface area is 540 Å². The number of aldehydes is 3. The lowest BCUT2D eigenvalue weighted by molar-refractivity contribution is -0.139. The van der Waals surface area contributed by atoms with Gasteiger partial charge in [0.1, 0.15) is 12.6 Å². The summed E-state index contributed by atoms with van der Waals surface area (Å²) in [5.41, 5.74) is 8.34. The Hall–Kier alpha value is -5.13. The molecule has 1 saturated heterocycles. The lowest BCUT2D eigenvalue weighted by Crippen LogP contribution is -2.35. The van der Waals surface area contributed by atoms with Crippen molar-refractivity contribution in [1.29, 1.82) is 0 Å². The third kappa shape index (κ3) is 35.6. The average molecular weight is 1260 g/mol. The van der Waals surface area contributed by atoms with Gasteiger partial charge in [0.25, 0.3) is 5.78 Å². The topological polar surface area (TPSA) is 181 Å². The summed E-state index contributed by atoms with van der Waals surface area (Å²) >= 11 is 12.5. The lowest BCUT2D eigenvalue weighted by atomic mass is 9.68. The molecule has 0 aliphatic carbocycles. The summed E-state index contributed by atoms with van der Waals surface area (Å²) in [4.78, 5) is 76.0. The van der Waals surface area contributed by atoms with Crippen LogP contribution in [0.1, 0.15) is 189 Å². The van der Waals surface area contributed by atoms with Gasteiger partial charge in [-0.1, -0.05) is 124 Å². The molecule has 0 bridgehead atoms. The molecule has 2 aromatic carbocycles. The minimum Gasteiger partial charge on any atom is -0.384 e. The number of piperidine rings is 1. The van der Waals surface area contributed by atoms with Crippen LogP contribution < -0.4 is 21.3 Å². The van der Waals surface area contributed by atoms with Crippen molar-refractivity contribution >= 4 is 83.2 Å².